The lowest BCUT2D eigenvalue weighted by molar-refractivity contribution is -0.143. The number of carbonyl (C=O) groups excluding carboxylic acids is 1. The van der Waals surface area contributed by atoms with E-state index in [0.717, 1.165) is 11.3 Å². The minimum absolute atomic E-state index is 0.369. The maximum Gasteiger partial charge on any atom is 0.333 e. The third kappa shape index (κ3) is 3.95. The lowest BCUT2D eigenvalue weighted by atomic mass is 10.1. The quantitative estimate of drug-likeness (QED) is 0.581. The van der Waals surface area contributed by atoms with Gasteiger partial charge in [0.2, 0.25) is 0 Å². The maximum atomic E-state index is 11.4. The van der Waals surface area contributed by atoms with Gasteiger partial charge in [-0.15, -0.1) is 0 Å². The van der Waals surface area contributed by atoms with Gasteiger partial charge in [0.05, 0.1) is 13.7 Å². The average Bonchev–Trinajstić information content (AvgIpc) is 2.79. The van der Waals surface area contributed by atoms with E-state index >= 15 is 0 Å². The summed E-state index contributed by atoms with van der Waals surface area (Å²) in [6.07, 6.45) is -0.332. The van der Waals surface area contributed by atoms with Crippen molar-refractivity contribution >= 4 is 21.9 Å². The fourth-order valence-corrected chi connectivity index (χ4v) is 2.49. The van der Waals surface area contributed by atoms with Gasteiger partial charge in [-0.05, 0) is 17.7 Å². The third-order valence-electron chi connectivity index (χ3n) is 3.23. The van der Waals surface area contributed by atoms with Crippen LogP contribution in [0.3, 0.4) is 0 Å². The molecule has 1 fully saturated rings. The molecular formula is C16H17BrO4. The summed E-state index contributed by atoms with van der Waals surface area (Å²) < 4.78 is 16.8. The standard InChI is InChI=1S/C16H17BrO4/c1-10-8-14(21-16(10)18)15(11(2)17)20-9-12-4-6-13(19-3)7-5-12/h4-7,14-15H,1-2,8-9H2,3H3/t14-,15-/m0/s1. The SMILES string of the molecule is C=C1C[C@@H]([C@@H](OCc2ccc(OC)cc2)C(=C)Br)OC1=O. The first-order valence-electron chi connectivity index (χ1n) is 6.49. The molecule has 0 aliphatic carbocycles. The van der Waals surface area contributed by atoms with Crippen LogP contribution < -0.4 is 4.74 Å². The molecule has 1 aliphatic rings. The van der Waals surface area contributed by atoms with Crippen LogP contribution in [0.5, 0.6) is 5.75 Å². The molecule has 2 atom stereocenters. The molecule has 4 nitrogen and oxygen atoms in total. The second-order valence-corrected chi connectivity index (χ2v) is 5.80. The first-order valence-corrected chi connectivity index (χ1v) is 7.28. The number of rotatable bonds is 6. The highest BCUT2D eigenvalue weighted by atomic mass is 79.9. The first kappa shape index (κ1) is 15.8. The molecule has 5 heteroatoms. The van der Waals surface area contributed by atoms with Crippen LogP contribution in [0.2, 0.25) is 0 Å². The number of halogens is 1. The van der Waals surface area contributed by atoms with Gasteiger partial charge in [0.25, 0.3) is 0 Å². The zero-order valence-corrected chi connectivity index (χ0v) is 13.4. The van der Waals surface area contributed by atoms with Crippen LogP contribution in [-0.4, -0.2) is 25.3 Å². The molecule has 0 aromatic heterocycles. The highest BCUT2D eigenvalue weighted by Gasteiger charge is 2.35. The molecule has 112 valence electrons. The smallest absolute Gasteiger partial charge is 0.333 e. The molecule has 1 saturated heterocycles. The Morgan fingerprint density at radius 2 is 2.14 bits per heavy atom. The molecule has 1 aromatic rings. The average molecular weight is 353 g/mol. The molecule has 0 radical (unpaired) electrons. The predicted octanol–water partition coefficient (Wildman–Crippen LogP) is 3.36. The number of hydrogen-bond acceptors (Lipinski definition) is 4. The van der Waals surface area contributed by atoms with E-state index in [4.69, 9.17) is 14.2 Å². The Labute approximate surface area is 132 Å². The molecule has 0 N–H and O–H groups in total. The maximum absolute atomic E-state index is 11.4. The summed E-state index contributed by atoms with van der Waals surface area (Å²) in [7, 11) is 1.62. The second-order valence-electron chi connectivity index (χ2n) is 4.78. The minimum atomic E-state index is -0.407. The van der Waals surface area contributed by atoms with Gasteiger partial charge in [-0.2, -0.15) is 0 Å². The molecular weight excluding hydrogens is 336 g/mol. The molecule has 1 aliphatic heterocycles. The molecule has 0 bridgehead atoms. The van der Waals surface area contributed by atoms with Crippen LogP contribution in [0.15, 0.2) is 47.5 Å². The number of cyclic esters (lactones) is 1. The summed E-state index contributed by atoms with van der Waals surface area (Å²) in [4.78, 5) is 11.4. The molecule has 2 rings (SSSR count). The van der Waals surface area contributed by atoms with E-state index in [1.54, 1.807) is 7.11 Å². The van der Waals surface area contributed by atoms with Crippen molar-refractivity contribution in [2.75, 3.05) is 7.11 Å². The van der Waals surface area contributed by atoms with Crippen LogP contribution >= 0.6 is 15.9 Å². The van der Waals surface area contributed by atoms with Gasteiger partial charge in [0, 0.05) is 16.5 Å². The lowest BCUT2D eigenvalue weighted by Crippen LogP contribution is -2.29. The van der Waals surface area contributed by atoms with Gasteiger partial charge in [-0.1, -0.05) is 41.2 Å². The topological polar surface area (TPSA) is 44.8 Å². The molecule has 21 heavy (non-hydrogen) atoms. The Morgan fingerprint density at radius 1 is 1.48 bits per heavy atom. The van der Waals surface area contributed by atoms with Crippen LogP contribution in [0.1, 0.15) is 12.0 Å². The van der Waals surface area contributed by atoms with E-state index in [9.17, 15) is 4.79 Å². The molecule has 1 aromatic carbocycles. The van der Waals surface area contributed by atoms with E-state index < -0.39 is 6.10 Å². The summed E-state index contributed by atoms with van der Waals surface area (Å²) in [6, 6.07) is 7.58. The molecule has 0 spiro atoms. The van der Waals surface area contributed by atoms with E-state index in [-0.39, 0.29) is 12.1 Å². The Balaban J connectivity index is 1.98. The normalized spacial score (nSPS) is 19.2. The molecule has 0 saturated carbocycles. The van der Waals surface area contributed by atoms with Crippen molar-refractivity contribution < 1.29 is 19.0 Å². The number of ether oxygens (including phenoxy) is 3. The van der Waals surface area contributed by atoms with Crippen LogP contribution in [-0.2, 0) is 20.9 Å². The van der Waals surface area contributed by atoms with Crippen molar-refractivity contribution in [3.63, 3.8) is 0 Å². The van der Waals surface area contributed by atoms with Gasteiger partial charge in [-0.25, -0.2) is 4.79 Å². The van der Waals surface area contributed by atoms with Gasteiger partial charge in [0.15, 0.2) is 0 Å². The molecule has 1 heterocycles. The Kier molecular flexibility index (Phi) is 5.20. The minimum Gasteiger partial charge on any atom is -0.497 e. The van der Waals surface area contributed by atoms with Crippen molar-refractivity contribution in [3.8, 4) is 5.75 Å². The van der Waals surface area contributed by atoms with Crippen molar-refractivity contribution in [3.05, 3.63) is 53.0 Å². The monoisotopic (exact) mass is 352 g/mol. The van der Waals surface area contributed by atoms with E-state index in [0.29, 0.717) is 23.1 Å². The van der Waals surface area contributed by atoms with E-state index in [2.05, 4.69) is 29.1 Å². The zero-order chi connectivity index (χ0) is 15.4. The summed E-state index contributed by atoms with van der Waals surface area (Å²) >= 11 is 3.33. The number of benzene rings is 1. The Morgan fingerprint density at radius 3 is 2.62 bits per heavy atom. The molecule has 0 unspecified atom stereocenters. The highest BCUT2D eigenvalue weighted by Crippen LogP contribution is 2.29. The second kappa shape index (κ2) is 6.91. The summed E-state index contributed by atoms with van der Waals surface area (Å²) in [5, 5.41) is 0. The fraction of sp³-hybridized carbons (Fsp3) is 0.312. The Bertz CT molecular complexity index is 534. The number of hydrogen-bond donors (Lipinski definition) is 0. The largest absolute Gasteiger partial charge is 0.497 e. The van der Waals surface area contributed by atoms with Crippen LogP contribution in [0.25, 0.3) is 0 Å². The van der Waals surface area contributed by atoms with E-state index in [1.807, 2.05) is 24.3 Å². The van der Waals surface area contributed by atoms with Crippen molar-refractivity contribution in [2.24, 2.45) is 0 Å². The van der Waals surface area contributed by atoms with Crippen molar-refractivity contribution in [1.82, 2.24) is 0 Å². The number of esters is 1. The third-order valence-corrected chi connectivity index (χ3v) is 3.68. The van der Waals surface area contributed by atoms with Gasteiger partial charge in [0.1, 0.15) is 18.0 Å². The predicted molar refractivity (Wildman–Crippen MR) is 83.3 cm³/mol. The number of carbonyl (C=O) groups is 1. The van der Waals surface area contributed by atoms with Crippen molar-refractivity contribution in [1.29, 1.82) is 0 Å². The van der Waals surface area contributed by atoms with Gasteiger partial charge >= 0.3 is 5.97 Å². The van der Waals surface area contributed by atoms with Gasteiger partial charge < -0.3 is 14.2 Å². The van der Waals surface area contributed by atoms with E-state index in [1.165, 1.54) is 0 Å². The van der Waals surface area contributed by atoms with Crippen LogP contribution in [0.4, 0.5) is 0 Å². The fourth-order valence-electron chi connectivity index (χ4n) is 2.06. The Hall–Kier alpha value is -1.59. The number of methoxy groups -OCH3 is 1. The van der Waals surface area contributed by atoms with Crippen LogP contribution in [0, 0.1) is 0 Å². The summed E-state index contributed by atoms with van der Waals surface area (Å²) in [5.41, 5.74) is 1.46. The summed E-state index contributed by atoms with van der Waals surface area (Å²) in [5.74, 6) is 0.424. The highest BCUT2D eigenvalue weighted by molar-refractivity contribution is 9.11. The van der Waals surface area contributed by atoms with Crippen molar-refractivity contribution in [2.45, 2.75) is 25.2 Å². The zero-order valence-electron chi connectivity index (χ0n) is 11.8. The first-order chi connectivity index (χ1) is 10.0. The van der Waals surface area contributed by atoms with Gasteiger partial charge in [-0.3, -0.25) is 0 Å². The lowest BCUT2D eigenvalue weighted by Gasteiger charge is -2.22. The summed E-state index contributed by atoms with van der Waals surface area (Å²) in [6.45, 7) is 7.90. The molecule has 0 amide bonds.